The number of likely N-dealkylation sites (tertiary alicyclic amines) is 1. The molecule has 1 saturated carbocycles. The zero-order valence-electron chi connectivity index (χ0n) is 16.1. The van der Waals surface area contributed by atoms with Crippen molar-refractivity contribution >= 4 is 17.6 Å². The van der Waals surface area contributed by atoms with Crippen molar-refractivity contribution in [2.45, 2.75) is 37.7 Å². The van der Waals surface area contributed by atoms with E-state index < -0.39 is 5.60 Å². The lowest BCUT2D eigenvalue weighted by Gasteiger charge is -2.38. The summed E-state index contributed by atoms with van der Waals surface area (Å²) in [6.07, 6.45) is 4.29. The number of piperidine rings is 1. The second kappa shape index (κ2) is 7.91. The minimum atomic E-state index is -1.03. The average molecular weight is 397 g/mol. The van der Waals surface area contributed by atoms with Crippen LogP contribution in [0.4, 0.5) is 10.2 Å². The van der Waals surface area contributed by atoms with Gasteiger partial charge in [0.1, 0.15) is 11.6 Å². The average Bonchev–Trinajstić information content (AvgIpc) is 3.55. The molecule has 0 spiro atoms. The lowest BCUT2D eigenvalue weighted by atomic mass is 9.85. The van der Waals surface area contributed by atoms with Crippen LogP contribution in [0.25, 0.3) is 0 Å². The Kier molecular flexibility index (Phi) is 5.32. The maximum absolute atomic E-state index is 13.9. The molecule has 4 rings (SSSR count). The molecule has 1 saturated heterocycles. The lowest BCUT2D eigenvalue weighted by Crippen LogP contribution is -2.47. The highest BCUT2D eigenvalue weighted by atomic mass is 19.1. The SMILES string of the molecule is O=C(Nc1cc(C(=O)N2CCC(O)(Cc3ccccc3F)CC2)ccn1)C1CC1. The van der Waals surface area contributed by atoms with Gasteiger partial charge in [-0.15, -0.1) is 0 Å². The van der Waals surface area contributed by atoms with Gasteiger partial charge >= 0.3 is 0 Å². The largest absolute Gasteiger partial charge is 0.389 e. The van der Waals surface area contributed by atoms with E-state index in [-0.39, 0.29) is 30.0 Å². The first kappa shape index (κ1) is 19.5. The number of hydrogen-bond acceptors (Lipinski definition) is 4. The van der Waals surface area contributed by atoms with E-state index in [1.165, 1.54) is 12.3 Å². The van der Waals surface area contributed by atoms with Gasteiger partial charge in [-0.25, -0.2) is 9.37 Å². The molecular weight excluding hydrogens is 373 g/mol. The highest BCUT2D eigenvalue weighted by Gasteiger charge is 2.35. The van der Waals surface area contributed by atoms with Gasteiger partial charge in [-0.3, -0.25) is 9.59 Å². The Morgan fingerprint density at radius 3 is 2.62 bits per heavy atom. The molecular formula is C22H24FN3O3. The summed E-state index contributed by atoms with van der Waals surface area (Å²) >= 11 is 0. The summed E-state index contributed by atoms with van der Waals surface area (Å²) in [5.74, 6) is -0.108. The first-order chi connectivity index (χ1) is 13.9. The summed E-state index contributed by atoms with van der Waals surface area (Å²) in [6.45, 7) is 0.770. The highest BCUT2D eigenvalue weighted by Crippen LogP contribution is 2.30. The number of benzene rings is 1. The van der Waals surface area contributed by atoms with E-state index >= 15 is 0 Å². The molecule has 0 bridgehead atoms. The maximum atomic E-state index is 13.9. The lowest BCUT2D eigenvalue weighted by molar-refractivity contribution is -0.117. The number of aliphatic hydroxyl groups is 1. The Morgan fingerprint density at radius 2 is 1.93 bits per heavy atom. The van der Waals surface area contributed by atoms with E-state index in [1.54, 1.807) is 35.2 Å². The topological polar surface area (TPSA) is 82.5 Å². The number of carbonyl (C=O) groups is 2. The minimum absolute atomic E-state index is 0.0571. The zero-order valence-corrected chi connectivity index (χ0v) is 16.1. The van der Waals surface area contributed by atoms with Crippen LogP contribution in [0.2, 0.25) is 0 Å². The van der Waals surface area contributed by atoms with Gasteiger partial charge in [-0.05, 0) is 49.4 Å². The van der Waals surface area contributed by atoms with Crippen LogP contribution in [0.1, 0.15) is 41.6 Å². The number of halogens is 1. The Bertz CT molecular complexity index is 921. The van der Waals surface area contributed by atoms with Crippen molar-refractivity contribution in [1.82, 2.24) is 9.88 Å². The molecule has 0 atom stereocenters. The van der Waals surface area contributed by atoms with E-state index in [2.05, 4.69) is 10.3 Å². The van der Waals surface area contributed by atoms with Gasteiger partial charge in [-0.2, -0.15) is 0 Å². The molecule has 152 valence electrons. The molecule has 1 aliphatic heterocycles. The molecule has 2 heterocycles. The van der Waals surface area contributed by atoms with Gasteiger partial charge in [-0.1, -0.05) is 18.2 Å². The van der Waals surface area contributed by atoms with E-state index in [0.717, 1.165) is 12.8 Å². The van der Waals surface area contributed by atoms with Gasteiger partial charge in [0.25, 0.3) is 5.91 Å². The quantitative estimate of drug-likeness (QED) is 0.813. The van der Waals surface area contributed by atoms with Crippen LogP contribution in [0, 0.1) is 11.7 Å². The summed E-state index contributed by atoms with van der Waals surface area (Å²) < 4.78 is 13.9. The van der Waals surface area contributed by atoms with Gasteiger partial charge in [0, 0.05) is 37.2 Å². The number of nitrogens with zero attached hydrogens (tertiary/aromatic N) is 2. The summed E-state index contributed by atoms with van der Waals surface area (Å²) in [4.78, 5) is 30.5. The molecule has 2 N–H and O–H groups in total. The van der Waals surface area contributed by atoms with Gasteiger partial charge in [0.2, 0.25) is 5.91 Å². The molecule has 6 nitrogen and oxygen atoms in total. The van der Waals surface area contributed by atoms with Crippen molar-refractivity contribution in [3.05, 3.63) is 59.5 Å². The second-order valence-corrected chi connectivity index (χ2v) is 7.98. The summed E-state index contributed by atoms with van der Waals surface area (Å²) in [5.41, 5.74) is -0.0914. The number of nitrogens with one attached hydrogen (secondary N) is 1. The zero-order chi connectivity index (χ0) is 20.4. The molecule has 2 aliphatic rings. The highest BCUT2D eigenvalue weighted by molar-refractivity contribution is 5.97. The standard InChI is InChI=1S/C22H24FN3O3/c23-18-4-2-1-3-17(18)14-22(29)8-11-26(12-9-22)21(28)16-7-10-24-19(13-16)25-20(27)15-5-6-15/h1-4,7,10,13,15,29H,5-6,8-9,11-12,14H2,(H,24,25,27). The number of rotatable bonds is 5. The number of anilines is 1. The van der Waals surface area contributed by atoms with Gasteiger partial charge < -0.3 is 15.3 Å². The molecule has 0 radical (unpaired) electrons. The van der Waals surface area contributed by atoms with Crippen molar-refractivity contribution in [2.24, 2.45) is 5.92 Å². The molecule has 7 heteroatoms. The van der Waals surface area contributed by atoms with Crippen LogP contribution < -0.4 is 5.32 Å². The van der Waals surface area contributed by atoms with Crippen LogP contribution in [-0.2, 0) is 11.2 Å². The van der Waals surface area contributed by atoms with Crippen molar-refractivity contribution in [1.29, 1.82) is 0 Å². The monoisotopic (exact) mass is 397 g/mol. The molecule has 2 aromatic rings. The number of aromatic nitrogens is 1. The number of hydrogen-bond donors (Lipinski definition) is 2. The summed E-state index contributed by atoms with van der Waals surface area (Å²) in [7, 11) is 0. The molecule has 2 fully saturated rings. The Balaban J connectivity index is 1.37. The Labute approximate surface area is 168 Å². The minimum Gasteiger partial charge on any atom is -0.389 e. The first-order valence-electron chi connectivity index (χ1n) is 9.95. The van der Waals surface area contributed by atoms with Crippen LogP contribution in [0.15, 0.2) is 42.6 Å². The summed E-state index contributed by atoms with van der Waals surface area (Å²) in [5, 5.41) is 13.6. The molecule has 0 unspecified atom stereocenters. The third-order valence-corrected chi connectivity index (χ3v) is 5.67. The fourth-order valence-corrected chi connectivity index (χ4v) is 3.69. The molecule has 1 aliphatic carbocycles. The van der Waals surface area contributed by atoms with Crippen molar-refractivity contribution < 1.29 is 19.1 Å². The third-order valence-electron chi connectivity index (χ3n) is 5.67. The van der Waals surface area contributed by atoms with Gasteiger partial charge in [0.15, 0.2) is 0 Å². The number of pyridine rings is 1. The smallest absolute Gasteiger partial charge is 0.254 e. The second-order valence-electron chi connectivity index (χ2n) is 7.98. The normalized spacial score (nSPS) is 18.3. The molecule has 29 heavy (non-hydrogen) atoms. The fraction of sp³-hybridized carbons (Fsp3) is 0.409. The van der Waals surface area contributed by atoms with Crippen molar-refractivity contribution in [2.75, 3.05) is 18.4 Å². The van der Waals surface area contributed by atoms with Crippen molar-refractivity contribution in [3.8, 4) is 0 Å². The van der Waals surface area contributed by atoms with Crippen LogP contribution in [-0.4, -0.2) is 45.5 Å². The van der Waals surface area contributed by atoms with Crippen molar-refractivity contribution in [3.63, 3.8) is 0 Å². The number of amides is 2. The van der Waals surface area contributed by atoms with Crippen LogP contribution >= 0.6 is 0 Å². The van der Waals surface area contributed by atoms with Crippen LogP contribution in [0.5, 0.6) is 0 Å². The first-order valence-corrected chi connectivity index (χ1v) is 9.95. The van der Waals surface area contributed by atoms with E-state index in [0.29, 0.717) is 42.9 Å². The van der Waals surface area contributed by atoms with E-state index in [1.807, 2.05) is 0 Å². The van der Waals surface area contributed by atoms with E-state index in [4.69, 9.17) is 0 Å². The molecule has 1 aromatic carbocycles. The maximum Gasteiger partial charge on any atom is 0.254 e. The predicted octanol–water partition coefficient (Wildman–Crippen LogP) is 2.78. The number of carbonyl (C=O) groups excluding carboxylic acids is 2. The Morgan fingerprint density at radius 1 is 1.21 bits per heavy atom. The van der Waals surface area contributed by atoms with E-state index in [9.17, 15) is 19.1 Å². The summed E-state index contributed by atoms with van der Waals surface area (Å²) in [6, 6.07) is 9.65. The van der Waals surface area contributed by atoms with Crippen LogP contribution in [0.3, 0.4) is 0 Å². The molecule has 1 aromatic heterocycles. The predicted molar refractivity (Wildman–Crippen MR) is 106 cm³/mol. The fourth-order valence-electron chi connectivity index (χ4n) is 3.69. The molecule has 2 amide bonds. The third kappa shape index (κ3) is 4.62. The Hall–Kier alpha value is -2.80. The van der Waals surface area contributed by atoms with Gasteiger partial charge in [0.05, 0.1) is 5.60 Å².